The highest BCUT2D eigenvalue weighted by atomic mass is 19.2. The zero-order valence-corrected chi connectivity index (χ0v) is 16.8. The first kappa shape index (κ1) is 19.9. The van der Waals surface area contributed by atoms with Crippen LogP contribution in [0.15, 0.2) is 18.3 Å². The monoisotopic (exact) mass is 434 g/mol. The highest BCUT2D eigenvalue weighted by Crippen LogP contribution is 2.39. The Morgan fingerprint density at radius 3 is 2.58 bits per heavy atom. The van der Waals surface area contributed by atoms with E-state index in [-0.39, 0.29) is 29.6 Å². The number of carbonyl (C=O) groups excluding carboxylic acids is 2. The van der Waals surface area contributed by atoms with Crippen molar-refractivity contribution in [2.45, 2.75) is 32.5 Å². The lowest BCUT2D eigenvalue weighted by Crippen LogP contribution is -2.54. The molecule has 8 nitrogen and oxygen atoms in total. The van der Waals surface area contributed by atoms with E-state index in [1.807, 2.05) is 6.92 Å². The molecule has 2 fully saturated rings. The molecule has 11 heteroatoms. The van der Waals surface area contributed by atoms with Crippen LogP contribution in [0.2, 0.25) is 0 Å². The maximum atomic E-state index is 13.5. The van der Waals surface area contributed by atoms with Gasteiger partial charge in [0.05, 0.1) is 36.7 Å². The van der Waals surface area contributed by atoms with Gasteiger partial charge in [-0.3, -0.25) is 9.48 Å². The van der Waals surface area contributed by atoms with Crippen LogP contribution in [0, 0.1) is 22.9 Å². The molecular weight excluding hydrogens is 413 g/mol. The fraction of sp³-hybridized carbons (Fsp3) is 0.450. The first-order chi connectivity index (χ1) is 14.8. The summed E-state index contributed by atoms with van der Waals surface area (Å²) < 4.78 is 41.9. The summed E-state index contributed by atoms with van der Waals surface area (Å²) in [6, 6.07) is 0.626. The third kappa shape index (κ3) is 3.23. The Balaban J connectivity index is 1.37. The van der Waals surface area contributed by atoms with Crippen LogP contribution >= 0.6 is 0 Å². The second-order valence-corrected chi connectivity index (χ2v) is 8.58. The van der Waals surface area contributed by atoms with Crippen LogP contribution in [0.3, 0.4) is 0 Å². The molecule has 1 aromatic carbocycles. The van der Waals surface area contributed by atoms with Gasteiger partial charge < -0.3 is 20.4 Å². The van der Waals surface area contributed by atoms with Crippen LogP contribution < -0.4 is 15.5 Å². The molecule has 0 saturated carbocycles. The molecule has 3 amide bonds. The van der Waals surface area contributed by atoms with Crippen LogP contribution in [0.5, 0.6) is 0 Å². The summed E-state index contributed by atoms with van der Waals surface area (Å²) in [5, 5.41) is 10.0. The van der Waals surface area contributed by atoms with Crippen LogP contribution in [0.25, 0.3) is 0 Å². The van der Waals surface area contributed by atoms with Crippen LogP contribution in [0.1, 0.15) is 19.0 Å². The van der Waals surface area contributed by atoms with Crippen molar-refractivity contribution in [2.75, 3.05) is 29.9 Å². The van der Waals surface area contributed by atoms with Crippen LogP contribution in [-0.2, 0) is 17.9 Å². The lowest BCUT2D eigenvalue weighted by Gasteiger charge is -2.38. The van der Waals surface area contributed by atoms with Gasteiger partial charge in [0.1, 0.15) is 0 Å². The van der Waals surface area contributed by atoms with E-state index in [0.717, 1.165) is 30.9 Å². The van der Waals surface area contributed by atoms with Crippen molar-refractivity contribution in [3.8, 4) is 0 Å². The Labute approximate surface area is 176 Å². The topological polar surface area (TPSA) is 82.5 Å². The van der Waals surface area contributed by atoms with Gasteiger partial charge >= 0.3 is 6.03 Å². The summed E-state index contributed by atoms with van der Waals surface area (Å²) in [5.74, 6) is -4.32. The van der Waals surface area contributed by atoms with Crippen LogP contribution in [-0.4, -0.2) is 52.3 Å². The predicted octanol–water partition coefficient (Wildman–Crippen LogP) is 2.06. The minimum absolute atomic E-state index is 0.0317. The van der Waals surface area contributed by atoms with E-state index in [4.69, 9.17) is 0 Å². The second-order valence-electron chi connectivity index (χ2n) is 8.58. The summed E-state index contributed by atoms with van der Waals surface area (Å²) in [7, 11) is 0. The molecule has 2 saturated heterocycles. The largest absolute Gasteiger partial charge is 0.322 e. The number of fused-ring (bicyclic) bond motifs is 1. The molecule has 31 heavy (non-hydrogen) atoms. The third-order valence-corrected chi connectivity index (χ3v) is 6.32. The molecule has 1 aromatic heterocycles. The van der Waals surface area contributed by atoms with E-state index < -0.39 is 23.5 Å². The Hall–Kier alpha value is -3.08. The molecule has 0 unspecified atom stereocenters. The van der Waals surface area contributed by atoms with Gasteiger partial charge in [0.2, 0.25) is 5.91 Å². The van der Waals surface area contributed by atoms with Gasteiger partial charge in [-0.1, -0.05) is 0 Å². The molecular formula is C20H21F3N6O2. The summed E-state index contributed by atoms with van der Waals surface area (Å²) in [4.78, 5) is 28.7. The fourth-order valence-electron chi connectivity index (χ4n) is 4.54. The molecule has 2 aromatic rings. The molecule has 4 heterocycles. The Bertz CT molecular complexity index is 1060. The summed E-state index contributed by atoms with van der Waals surface area (Å²) >= 11 is 0. The zero-order valence-electron chi connectivity index (χ0n) is 16.8. The summed E-state index contributed by atoms with van der Waals surface area (Å²) in [6.45, 7) is 4.61. The zero-order chi connectivity index (χ0) is 21.9. The molecule has 1 atom stereocenters. The molecule has 3 aliphatic heterocycles. The van der Waals surface area contributed by atoms with Crippen molar-refractivity contribution in [3.05, 3.63) is 41.5 Å². The fourth-order valence-corrected chi connectivity index (χ4v) is 4.54. The minimum Gasteiger partial charge on any atom is -0.315 e. The van der Waals surface area contributed by atoms with E-state index in [0.29, 0.717) is 25.2 Å². The number of benzene rings is 1. The number of rotatable bonds is 2. The Kier molecular flexibility index (Phi) is 4.47. The SMILES string of the molecule is C[C@H]1Cn2ncc(N3CC4(CNC4)CC3=O)c2CN1C(=O)Nc1cc(F)c(F)c(F)c1. The maximum absolute atomic E-state index is 13.5. The number of nitrogens with one attached hydrogen (secondary N) is 2. The quantitative estimate of drug-likeness (QED) is 0.709. The lowest BCUT2D eigenvalue weighted by atomic mass is 9.81. The van der Waals surface area contributed by atoms with Crippen molar-refractivity contribution in [3.63, 3.8) is 0 Å². The Morgan fingerprint density at radius 2 is 1.97 bits per heavy atom. The van der Waals surface area contributed by atoms with E-state index in [9.17, 15) is 22.8 Å². The van der Waals surface area contributed by atoms with Crippen LogP contribution in [0.4, 0.5) is 29.3 Å². The van der Waals surface area contributed by atoms with E-state index in [1.165, 1.54) is 4.90 Å². The molecule has 3 aliphatic rings. The smallest absolute Gasteiger partial charge is 0.315 e. The number of halogens is 3. The van der Waals surface area contributed by atoms with Crippen molar-refractivity contribution in [2.24, 2.45) is 5.41 Å². The average Bonchev–Trinajstić information content (AvgIpc) is 3.25. The highest BCUT2D eigenvalue weighted by molar-refractivity contribution is 5.97. The van der Waals surface area contributed by atoms with E-state index in [2.05, 4.69) is 15.7 Å². The predicted molar refractivity (Wildman–Crippen MR) is 105 cm³/mol. The summed E-state index contributed by atoms with van der Waals surface area (Å²) in [6.07, 6.45) is 2.13. The number of hydrogen-bond acceptors (Lipinski definition) is 4. The van der Waals surface area contributed by atoms with Crippen molar-refractivity contribution < 1.29 is 22.8 Å². The van der Waals surface area contributed by atoms with Crippen molar-refractivity contribution in [1.29, 1.82) is 0 Å². The van der Waals surface area contributed by atoms with Gasteiger partial charge in [-0.15, -0.1) is 0 Å². The number of hydrogen-bond donors (Lipinski definition) is 2. The maximum Gasteiger partial charge on any atom is 0.322 e. The normalized spacial score (nSPS) is 21.9. The van der Waals surface area contributed by atoms with Gasteiger partial charge in [-0.25, -0.2) is 18.0 Å². The van der Waals surface area contributed by atoms with Gasteiger partial charge in [-0.05, 0) is 6.92 Å². The molecule has 0 bridgehead atoms. The van der Waals surface area contributed by atoms with E-state index in [1.54, 1.807) is 15.8 Å². The lowest BCUT2D eigenvalue weighted by molar-refractivity contribution is -0.118. The number of nitrogens with zero attached hydrogens (tertiary/aromatic N) is 4. The van der Waals surface area contributed by atoms with Crippen molar-refractivity contribution in [1.82, 2.24) is 20.0 Å². The van der Waals surface area contributed by atoms with Gasteiger partial charge in [0.15, 0.2) is 17.5 Å². The first-order valence-corrected chi connectivity index (χ1v) is 10.0. The molecule has 1 spiro atoms. The molecule has 0 radical (unpaired) electrons. The van der Waals surface area contributed by atoms with Gasteiger partial charge in [-0.2, -0.15) is 5.10 Å². The first-order valence-electron chi connectivity index (χ1n) is 10.0. The highest BCUT2D eigenvalue weighted by Gasteiger charge is 2.48. The van der Waals surface area contributed by atoms with Gasteiger partial charge in [0, 0.05) is 49.3 Å². The number of amides is 3. The second kappa shape index (κ2) is 6.98. The average molecular weight is 434 g/mol. The minimum atomic E-state index is -1.59. The molecule has 0 aliphatic carbocycles. The van der Waals surface area contributed by atoms with Crippen molar-refractivity contribution >= 4 is 23.3 Å². The number of urea groups is 1. The summed E-state index contributed by atoms with van der Waals surface area (Å²) in [5.41, 5.74) is 1.18. The number of aromatic nitrogens is 2. The third-order valence-electron chi connectivity index (χ3n) is 6.32. The number of anilines is 2. The molecule has 164 valence electrons. The molecule has 5 rings (SSSR count). The van der Waals surface area contributed by atoms with E-state index >= 15 is 0 Å². The Morgan fingerprint density at radius 1 is 1.26 bits per heavy atom. The standard InChI is InChI=1S/C20H21F3N6O2/c1-11-6-29-16(15(5-25-29)28-10-20(4-17(28)30)8-24-9-20)7-27(11)19(31)26-12-2-13(21)18(23)14(22)3-12/h2-3,5,11,24H,4,6-10H2,1H3,(H,26,31)/t11-/m0/s1. The molecule has 2 N–H and O–H groups in total. The number of carbonyl (C=O) groups is 2. The van der Waals surface area contributed by atoms with Gasteiger partial charge in [0.25, 0.3) is 0 Å².